The van der Waals surface area contributed by atoms with Crippen LogP contribution >= 0.6 is 15.6 Å². The Morgan fingerprint density at radius 2 is 0.461 bits per heavy atom. The van der Waals surface area contributed by atoms with Crippen LogP contribution in [-0.2, 0) is 55.8 Å². The van der Waals surface area contributed by atoms with Gasteiger partial charge in [-0.1, -0.05) is 357 Å². The summed E-state index contributed by atoms with van der Waals surface area (Å²) in [4.78, 5) is 59.0. The van der Waals surface area contributed by atoms with Crippen molar-refractivity contribution in [2.45, 2.75) is 373 Å². The van der Waals surface area contributed by atoms with Crippen molar-refractivity contribution < 1.29 is 75.8 Å². The fourth-order valence-electron chi connectivity index (χ4n) is 11.8. The number of aliphatic hydroxyl groups excluding tert-OH is 2. The van der Waals surface area contributed by atoms with Crippen LogP contribution in [-0.4, -0.2) is 95.9 Å². The summed E-state index contributed by atoms with van der Waals surface area (Å²) in [6.45, 7) is 2.43. The highest BCUT2D eigenvalue weighted by molar-refractivity contribution is 7.47. The van der Waals surface area contributed by atoms with Gasteiger partial charge in [0.05, 0.1) is 26.4 Å². The second kappa shape index (κ2) is 87.9. The number of hydrogen-bond acceptors (Lipinski definition) is 14. The average Bonchev–Trinajstić information content (AvgIpc) is 0.926. The van der Waals surface area contributed by atoms with Crippen molar-refractivity contribution in [3.8, 4) is 0 Å². The van der Waals surface area contributed by atoms with Crippen LogP contribution in [0.25, 0.3) is 0 Å². The van der Waals surface area contributed by atoms with Crippen LogP contribution in [0.4, 0.5) is 0 Å². The highest BCUT2D eigenvalue weighted by Crippen LogP contribution is 2.45. The van der Waals surface area contributed by atoms with Crippen molar-refractivity contribution in [3.63, 3.8) is 0 Å². The van der Waals surface area contributed by atoms with Crippen LogP contribution in [0.3, 0.4) is 0 Å². The predicted octanol–water partition coefficient (Wildman–Crippen LogP) is 27.7. The van der Waals surface area contributed by atoms with E-state index in [1.807, 2.05) is 0 Å². The van der Waals surface area contributed by atoms with E-state index in [-0.39, 0.29) is 19.3 Å². The van der Waals surface area contributed by atoms with E-state index < -0.39 is 91.5 Å². The van der Waals surface area contributed by atoms with E-state index in [1.165, 1.54) is 109 Å². The molecular weight excluding hydrogens is 1480 g/mol. The second-order valence-electron chi connectivity index (χ2n) is 29.6. The third-order valence-corrected chi connectivity index (χ3v) is 20.5. The molecule has 656 valence electrons. The minimum absolute atomic E-state index is 0.0877. The Morgan fingerprint density at radius 3 is 0.730 bits per heavy atom. The second-order valence-corrected chi connectivity index (χ2v) is 32.5. The zero-order valence-corrected chi connectivity index (χ0v) is 73.9. The third kappa shape index (κ3) is 89.3. The fourth-order valence-corrected chi connectivity index (χ4v) is 13.4. The monoisotopic (exact) mass is 1650 g/mol. The van der Waals surface area contributed by atoms with Crippen molar-refractivity contribution in [1.82, 2.24) is 0 Å². The molecule has 0 aromatic rings. The molecule has 0 amide bonds. The number of carbonyl (C=O) groups excluding carboxylic acids is 3. The molecule has 0 aliphatic heterocycles. The quantitative estimate of drug-likeness (QED) is 0.0146. The smallest absolute Gasteiger partial charge is 0.463 e. The van der Waals surface area contributed by atoms with E-state index in [0.29, 0.717) is 19.3 Å². The van der Waals surface area contributed by atoms with Crippen molar-refractivity contribution >= 4 is 33.6 Å². The summed E-state index contributed by atoms with van der Waals surface area (Å²) in [5.41, 5.74) is 0. The average molecular weight is 1650 g/mol. The van der Waals surface area contributed by atoms with Gasteiger partial charge in [0.25, 0.3) is 0 Å². The molecule has 5 unspecified atom stereocenters. The number of phosphoric acid groups is 2. The van der Waals surface area contributed by atoms with Crippen LogP contribution in [0, 0.1) is 0 Å². The van der Waals surface area contributed by atoms with Crippen molar-refractivity contribution in [1.29, 1.82) is 0 Å². The lowest BCUT2D eigenvalue weighted by Crippen LogP contribution is -2.30. The molecule has 0 radical (unpaired) electrons. The van der Waals surface area contributed by atoms with Gasteiger partial charge in [0, 0.05) is 19.3 Å². The Balaban J connectivity index is 4.68. The molecule has 0 aromatic heterocycles. The fraction of sp³-hybridized carbons (Fsp3) is 0.660. The summed E-state index contributed by atoms with van der Waals surface area (Å²) in [6.07, 6.45) is 115. The maximum Gasteiger partial charge on any atom is 0.472 e. The topological polar surface area (TPSA) is 231 Å². The van der Waals surface area contributed by atoms with E-state index in [0.717, 1.165) is 186 Å². The molecule has 0 rings (SSSR count). The minimum Gasteiger partial charge on any atom is -0.463 e. The van der Waals surface area contributed by atoms with E-state index in [2.05, 4.69) is 203 Å². The van der Waals surface area contributed by atoms with E-state index >= 15 is 0 Å². The van der Waals surface area contributed by atoms with E-state index in [9.17, 15) is 43.5 Å². The number of esters is 3. The first-order valence-electron chi connectivity index (χ1n) is 45.1. The molecule has 0 aliphatic rings. The van der Waals surface area contributed by atoms with Gasteiger partial charge in [-0.25, -0.2) is 9.13 Å². The van der Waals surface area contributed by atoms with Gasteiger partial charge in [-0.05, 0) is 161 Å². The van der Waals surface area contributed by atoms with Gasteiger partial charge >= 0.3 is 33.6 Å². The molecule has 0 saturated heterocycles. The number of phosphoric ester groups is 2. The predicted molar refractivity (Wildman–Crippen MR) is 481 cm³/mol. The first-order valence-corrected chi connectivity index (χ1v) is 48.1. The molecule has 18 heteroatoms. The number of hydrogen-bond donors (Lipinski definition) is 4. The van der Waals surface area contributed by atoms with Crippen molar-refractivity contribution in [3.05, 3.63) is 182 Å². The number of unbranched alkanes of at least 4 members (excludes halogenated alkanes) is 31. The Bertz CT molecular complexity index is 2820. The summed E-state index contributed by atoms with van der Waals surface area (Å²) in [7, 11) is -9.82. The van der Waals surface area contributed by atoms with E-state index in [4.69, 9.17) is 32.3 Å². The number of carbonyl (C=O) groups is 3. The largest absolute Gasteiger partial charge is 0.472 e. The van der Waals surface area contributed by atoms with Gasteiger partial charge in [-0.15, -0.1) is 0 Å². The number of aliphatic hydroxyl groups is 2. The first kappa shape index (κ1) is 110. The normalized spacial score (nSPS) is 14.7. The lowest BCUT2D eigenvalue weighted by atomic mass is 10.0. The molecule has 0 aromatic carbocycles. The van der Waals surface area contributed by atoms with Crippen molar-refractivity contribution in [2.24, 2.45) is 0 Å². The summed E-state index contributed by atoms with van der Waals surface area (Å²) in [6, 6.07) is 0. The minimum atomic E-state index is -4.95. The molecule has 5 atom stereocenters. The molecule has 0 aliphatic carbocycles. The maximum absolute atomic E-state index is 13.1. The zero-order valence-electron chi connectivity index (χ0n) is 72.1. The molecule has 0 fully saturated rings. The van der Waals surface area contributed by atoms with Gasteiger partial charge in [-0.2, -0.15) is 0 Å². The standard InChI is InChI=1S/C97H162O16P2/c1-4-7-10-13-16-19-22-25-28-31-34-37-40-43-44-45-46-49-51-53-56-59-62-65-68-71-74-77-80-83-95(100)107-86-92(98)87-109-114(103,104)110-88-93(99)89-111-115(105,106)112-91-94(113-97(102)85-82-79-76-73-70-67-64-61-58-55-52-48-42-39-36-33-30-27-24-21-18-15-12-9-6-3)90-108-96(101)84-81-78-75-72-69-66-63-60-57-54-50-47-41-38-35-32-29-26-23-20-17-14-11-8-5-2/h7-8,10-11,16-21,25-30,34-39,43-44,47-48,50,52,57,60,92-94,98-99H,4-6,9,12-15,22-24,31-33,40-42,45-46,49,51,53-56,58-59,61-91H2,1-3H3,(H,103,104)(H,105,106)/b10-7-,11-8-,19-16-,20-17-,21-18-,28-25-,29-26-,30-27-,37-34-,38-35-,39-36-,44-43-,50-47-,52-48-,60-57-. The highest BCUT2D eigenvalue weighted by atomic mass is 31.2. The lowest BCUT2D eigenvalue weighted by molar-refractivity contribution is -0.161. The molecule has 0 saturated carbocycles. The molecule has 4 N–H and O–H groups in total. The van der Waals surface area contributed by atoms with Gasteiger partial charge < -0.3 is 34.2 Å². The van der Waals surface area contributed by atoms with Gasteiger partial charge in [0.1, 0.15) is 25.4 Å². The highest BCUT2D eigenvalue weighted by Gasteiger charge is 2.29. The maximum atomic E-state index is 13.1. The van der Waals surface area contributed by atoms with Crippen LogP contribution in [0.1, 0.15) is 355 Å². The molecule has 0 bridgehead atoms. The Morgan fingerprint density at radius 1 is 0.252 bits per heavy atom. The Hall–Kier alpha value is -5.35. The summed E-state index contributed by atoms with van der Waals surface area (Å²) in [5, 5.41) is 20.7. The molecule has 0 spiro atoms. The molecule has 16 nitrogen and oxygen atoms in total. The van der Waals surface area contributed by atoms with Crippen LogP contribution in [0.5, 0.6) is 0 Å². The summed E-state index contributed by atoms with van der Waals surface area (Å²) < 4.78 is 61.5. The Labute approximate surface area is 700 Å². The first-order chi connectivity index (χ1) is 56.2. The number of rotatable bonds is 84. The van der Waals surface area contributed by atoms with E-state index in [1.54, 1.807) is 0 Å². The van der Waals surface area contributed by atoms with Gasteiger partial charge in [0.2, 0.25) is 0 Å². The van der Waals surface area contributed by atoms with Crippen LogP contribution in [0.2, 0.25) is 0 Å². The van der Waals surface area contributed by atoms with Crippen LogP contribution in [0.15, 0.2) is 182 Å². The molecular formula is C97H162O16P2. The number of allylic oxidation sites excluding steroid dienone is 30. The van der Waals surface area contributed by atoms with Gasteiger partial charge in [0.15, 0.2) is 6.10 Å². The summed E-state index contributed by atoms with van der Waals surface area (Å²) in [5.74, 6) is -1.60. The molecule has 0 heterocycles. The number of ether oxygens (including phenoxy) is 3. The molecule has 115 heavy (non-hydrogen) atoms. The zero-order chi connectivity index (χ0) is 83.6. The SMILES string of the molecule is CC/C=C\C/C=C\C/C=C\C/C=C\C/C=C\C/C=C\CCCCCCCCC(=O)OCC(COP(=O)(O)OCC(O)COP(=O)(O)OCC(O)COC(=O)CCCCCCCCCCCCCCC/C=C\C/C=C\C/C=C\C/C=C\C/C=C\CC)OC(=O)CCCCCCCCCCC/C=C\C/C=C\C/C=C\C/C=C\CCCCC. The van der Waals surface area contributed by atoms with Crippen molar-refractivity contribution in [2.75, 3.05) is 39.6 Å². The van der Waals surface area contributed by atoms with Crippen LogP contribution < -0.4 is 0 Å². The summed E-state index contributed by atoms with van der Waals surface area (Å²) >= 11 is 0. The third-order valence-electron chi connectivity index (χ3n) is 18.6. The van der Waals surface area contributed by atoms with Gasteiger partial charge in [-0.3, -0.25) is 32.5 Å². The lowest BCUT2D eigenvalue weighted by Gasteiger charge is -2.21. The Kier molecular flexibility index (Phi) is 83.9.